The lowest BCUT2D eigenvalue weighted by atomic mass is 10.1. The van der Waals surface area contributed by atoms with Crippen molar-refractivity contribution >= 4 is 74.5 Å². The molecule has 1 aromatic carbocycles. The molecule has 0 bridgehead atoms. The lowest BCUT2D eigenvalue weighted by molar-refractivity contribution is -0.155. The summed E-state index contributed by atoms with van der Waals surface area (Å²) >= 11 is 13.9. The number of anilines is 2. The highest BCUT2D eigenvalue weighted by molar-refractivity contribution is 7.17. The number of hydrogen-bond donors (Lipinski definition) is 1. The molecule has 2 amide bonds. The molecule has 1 unspecified atom stereocenters. The number of rotatable bonds is 6. The van der Waals surface area contributed by atoms with Gasteiger partial charge < -0.3 is 24.6 Å². The first kappa shape index (κ1) is 31.1. The van der Waals surface area contributed by atoms with Crippen LogP contribution in [0.2, 0.25) is 10.0 Å². The van der Waals surface area contributed by atoms with Gasteiger partial charge in [-0.05, 0) is 62.8 Å². The van der Waals surface area contributed by atoms with E-state index in [9.17, 15) is 14.4 Å². The monoisotopic (exact) mass is 648 g/mol. The highest BCUT2D eigenvalue weighted by Gasteiger charge is 2.44. The van der Waals surface area contributed by atoms with Crippen molar-refractivity contribution in [2.75, 3.05) is 43.5 Å². The van der Waals surface area contributed by atoms with Crippen molar-refractivity contribution in [3.8, 4) is 0 Å². The molecule has 0 aliphatic carbocycles. The molecular formula is C29H34Cl2N6O5S. The summed E-state index contributed by atoms with van der Waals surface area (Å²) < 4.78 is 11.5. The molecule has 4 heterocycles. The Morgan fingerprint density at radius 2 is 1.86 bits per heavy atom. The molecular weight excluding hydrogens is 615 g/mol. The summed E-state index contributed by atoms with van der Waals surface area (Å²) in [6.45, 7) is 6.94. The maximum atomic E-state index is 13.8. The molecule has 2 aliphatic heterocycles. The number of fused-ring (bicyclic) bond motifs is 1. The van der Waals surface area contributed by atoms with E-state index in [1.54, 1.807) is 32.9 Å². The van der Waals surface area contributed by atoms with E-state index >= 15 is 0 Å². The number of carbonyl (C=O) groups excluding carboxylic acids is 3. The lowest BCUT2D eigenvalue weighted by Crippen LogP contribution is -2.62. The van der Waals surface area contributed by atoms with Crippen LogP contribution in [0.4, 0.5) is 16.6 Å². The average Bonchev–Trinajstić information content (AvgIpc) is 3.65. The van der Waals surface area contributed by atoms with Crippen molar-refractivity contribution in [2.45, 2.75) is 57.8 Å². The van der Waals surface area contributed by atoms with E-state index < -0.39 is 29.7 Å². The first-order valence-electron chi connectivity index (χ1n) is 14.0. The number of carbonyl (C=O) groups is 3. The van der Waals surface area contributed by atoms with Gasteiger partial charge in [0.2, 0.25) is 11.9 Å². The minimum atomic E-state index is -0.904. The maximum Gasteiger partial charge on any atom is 0.410 e. The second-order valence-corrected chi connectivity index (χ2v) is 13.2. The smallest absolute Gasteiger partial charge is 0.410 e. The Bertz CT molecular complexity index is 1530. The van der Waals surface area contributed by atoms with Gasteiger partial charge in [-0.1, -0.05) is 29.3 Å². The van der Waals surface area contributed by atoms with Crippen LogP contribution in [0.5, 0.6) is 0 Å². The molecule has 11 nitrogen and oxygen atoms in total. The van der Waals surface area contributed by atoms with Crippen molar-refractivity contribution in [1.29, 1.82) is 0 Å². The number of halogens is 2. The van der Waals surface area contributed by atoms with Crippen molar-refractivity contribution in [1.82, 2.24) is 19.8 Å². The molecule has 0 radical (unpaired) electrons. The van der Waals surface area contributed by atoms with Crippen LogP contribution in [0.25, 0.3) is 10.2 Å². The molecule has 2 aromatic heterocycles. The maximum absolute atomic E-state index is 13.8. The molecule has 43 heavy (non-hydrogen) atoms. The van der Waals surface area contributed by atoms with Gasteiger partial charge in [0, 0.05) is 36.2 Å². The van der Waals surface area contributed by atoms with E-state index in [2.05, 4.69) is 5.32 Å². The zero-order valence-electron chi connectivity index (χ0n) is 24.4. The number of aromatic nitrogens is 2. The normalized spacial score (nSPS) is 19.1. The van der Waals surface area contributed by atoms with Gasteiger partial charge in [0.25, 0.3) is 0 Å². The third-order valence-electron chi connectivity index (χ3n) is 7.34. The van der Waals surface area contributed by atoms with Gasteiger partial charge in [0.15, 0.2) is 0 Å². The van der Waals surface area contributed by atoms with Gasteiger partial charge >= 0.3 is 12.1 Å². The van der Waals surface area contributed by atoms with Gasteiger partial charge in [-0.25, -0.2) is 14.6 Å². The van der Waals surface area contributed by atoms with E-state index in [-0.39, 0.29) is 19.0 Å². The van der Waals surface area contributed by atoms with Gasteiger partial charge in [0.1, 0.15) is 23.5 Å². The van der Waals surface area contributed by atoms with Crippen molar-refractivity contribution in [2.24, 2.45) is 0 Å². The molecule has 2 atom stereocenters. The second kappa shape index (κ2) is 12.7. The molecule has 1 N–H and O–H groups in total. The molecule has 5 rings (SSSR count). The van der Waals surface area contributed by atoms with Gasteiger partial charge in [-0.3, -0.25) is 9.69 Å². The second-order valence-electron chi connectivity index (χ2n) is 11.4. The number of benzene rings is 1. The number of esters is 1. The van der Waals surface area contributed by atoms with Crippen LogP contribution in [-0.2, 0) is 25.6 Å². The number of thiophene rings is 1. The first-order valence-corrected chi connectivity index (χ1v) is 15.6. The van der Waals surface area contributed by atoms with Crippen LogP contribution in [-0.4, -0.2) is 88.7 Å². The fourth-order valence-corrected chi connectivity index (χ4v) is 6.55. The minimum absolute atomic E-state index is 0.135. The zero-order chi connectivity index (χ0) is 30.9. The van der Waals surface area contributed by atoms with Crippen LogP contribution in [0.3, 0.4) is 0 Å². The van der Waals surface area contributed by atoms with Crippen molar-refractivity contribution in [3.63, 3.8) is 0 Å². The summed E-state index contributed by atoms with van der Waals surface area (Å²) in [5.74, 6) is 0.211. The molecule has 0 saturated carbocycles. The number of piperazine rings is 1. The Kier molecular flexibility index (Phi) is 9.19. The number of amides is 2. The van der Waals surface area contributed by atoms with Gasteiger partial charge in [-0.2, -0.15) is 4.98 Å². The van der Waals surface area contributed by atoms with Gasteiger partial charge in [0.05, 0.1) is 23.9 Å². The van der Waals surface area contributed by atoms with Crippen LogP contribution >= 0.6 is 34.5 Å². The lowest BCUT2D eigenvalue weighted by Gasteiger charge is -2.41. The molecule has 14 heteroatoms. The van der Waals surface area contributed by atoms with Gasteiger partial charge in [-0.15, -0.1) is 11.3 Å². The first-order chi connectivity index (χ1) is 20.4. The largest absolute Gasteiger partial charge is 0.467 e. The topological polar surface area (TPSA) is 117 Å². The van der Waals surface area contributed by atoms with E-state index in [1.165, 1.54) is 28.2 Å². The molecule has 2 aliphatic rings. The molecule has 0 spiro atoms. The van der Waals surface area contributed by atoms with E-state index in [1.807, 2.05) is 22.4 Å². The minimum Gasteiger partial charge on any atom is -0.467 e. The Hall–Kier alpha value is -3.35. The van der Waals surface area contributed by atoms with Crippen LogP contribution in [0.1, 0.15) is 39.2 Å². The Morgan fingerprint density at radius 1 is 1.07 bits per heavy atom. The SMILES string of the molecule is COC(=O)C1CN(c2nc(NCc3ccc(Cl)cc3Cl)c3sccc3n2)CCN1C(=O)[C@H]1CCCN1C(=O)OC(C)(C)C. The Labute approximate surface area is 264 Å². The quantitative estimate of drug-likeness (QED) is 0.360. The number of likely N-dealkylation sites (tertiary alicyclic amines) is 1. The molecule has 2 saturated heterocycles. The van der Waals surface area contributed by atoms with Crippen molar-refractivity contribution < 1.29 is 23.9 Å². The summed E-state index contributed by atoms with van der Waals surface area (Å²) in [6.07, 6.45) is 0.634. The fourth-order valence-electron chi connectivity index (χ4n) is 5.28. The average molecular weight is 650 g/mol. The summed E-state index contributed by atoms with van der Waals surface area (Å²) in [5.41, 5.74) is 0.930. The van der Waals surface area contributed by atoms with Crippen LogP contribution < -0.4 is 10.2 Å². The zero-order valence-corrected chi connectivity index (χ0v) is 26.8. The van der Waals surface area contributed by atoms with Crippen LogP contribution in [0, 0.1) is 0 Å². The molecule has 3 aromatic rings. The Balaban J connectivity index is 1.36. The number of nitrogens with zero attached hydrogens (tertiary/aromatic N) is 5. The van der Waals surface area contributed by atoms with E-state index in [0.29, 0.717) is 54.3 Å². The number of nitrogens with one attached hydrogen (secondary N) is 1. The summed E-state index contributed by atoms with van der Waals surface area (Å²) in [5, 5.41) is 6.41. The summed E-state index contributed by atoms with van der Waals surface area (Å²) in [7, 11) is 1.30. The molecule has 2 fully saturated rings. The predicted octanol–water partition coefficient (Wildman–Crippen LogP) is 5.20. The summed E-state index contributed by atoms with van der Waals surface area (Å²) in [4.78, 5) is 54.1. The third kappa shape index (κ3) is 6.91. The predicted molar refractivity (Wildman–Crippen MR) is 167 cm³/mol. The van der Waals surface area contributed by atoms with E-state index in [0.717, 1.165) is 15.8 Å². The standard InChI is InChI=1S/C29H34Cl2N6O5S/c1-29(2,3)42-28(40)37-10-5-6-21(37)25(38)36-12-11-35(16-22(36)26(39)41-4)27-33-20-9-13-43-23(20)24(34-27)32-15-17-7-8-18(30)14-19(17)31/h7-9,13-14,21-22H,5-6,10-12,15-16H2,1-4H3,(H,32,33,34)/t21-,22?/m1/s1. The number of methoxy groups -OCH3 is 1. The summed E-state index contributed by atoms with van der Waals surface area (Å²) in [6, 6.07) is 5.63. The number of hydrogen-bond acceptors (Lipinski definition) is 10. The third-order valence-corrected chi connectivity index (χ3v) is 8.84. The van der Waals surface area contributed by atoms with Crippen LogP contribution in [0.15, 0.2) is 29.6 Å². The molecule has 230 valence electrons. The highest BCUT2D eigenvalue weighted by atomic mass is 35.5. The fraction of sp³-hybridized carbons (Fsp3) is 0.483. The highest BCUT2D eigenvalue weighted by Crippen LogP contribution is 2.31. The Morgan fingerprint density at radius 3 is 2.58 bits per heavy atom. The number of ether oxygens (including phenoxy) is 2. The van der Waals surface area contributed by atoms with E-state index in [4.69, 9.17) is 42.6 Å². The van der Waals surface area contributed by atoms with Crippen molar-refractivity contribution in [3.05, 3.63) is 45.3 Å².